The molecule has 0 saturated carbocycles. The van der Waals surface area contributed by atoms with Crippen LogP contribution < -0.4 is 51.4 Å². The Kier molecular flexibility index (Phi) is 43.9. The molecule has 0 rings (SSSR count). The van der Waals surface area contributed by atoms with Crippen molar-refractivity contribution in [1.82, 2.24) is 0 Å². The van der Waals surface area contributed by atoms with Crippen LogP contribution in [0.1, 0.15) is 163 Å². The number of phosphoric ester groups is 1. The van der Waals surface area contributed by atoms with Gasteiger partial charge in [0, 0.05) is 0 Å². The fourth-order valence-electron chi connectivity index (χ4n) is 3.69. The largest absolute Gasteiger partial charge is 1.00 e. The average Bonchev–Trinajstić information content (AvgIpc) is 2.77. The van der Waals surface area contributed by atoms with Gasteiger partial charge < -0.3 is 11.2 Å². The van der Waals surface area contributed by atoms with Crippen LogP contribution in [0.25, 0.3) is 0 Å². The van der Waals surface area contributed by atoms with E-state index in [1.54, 1.807) is 0 Å². The Bertz CT molecular complexity index is 545. The summed E-state index contributed by atoms with van der Waals surface area (Å²) in [6, 6.07) is 0. The van der Waals surface area contributed by atoms with E-state index in [0.717, 1.165) is 19.3 Å². The Balaban J connectivity index is -0.000000157. The van der Waals surface area contributed by atoms with Crippen LogP contribution in [0.5, 0.6) is 0 Å². The van der Waals surface area contributed by atoms with Gasteiger partial charge in [0.15, 0.2) is 0 Å². The zero-order chi connectivity index (χ0) is 28.0. The van der Waals surface area contributed by atoms with E-state index < -0.39 is 18.2 Å². The molecule has 224 valence electrons. The van der Waals surface area contributed by atoms with E-state index in [-0.39, 0.29) is 59.4 Å². The minimum absolute atomic E-state index is 0. The van der Waals surface area contributed by atoms with Gasteiger partial charge in [0.05, 0.1) is 6.61 Å². The van der Waals surface area contributed by atoms with Gasteiger partial charge in [0.25, 0.3) is 0 Å². The summed E-state index contributed by atoms with van der Waals surface area (Å²) in [5.41, 5.74) is 0. The van der Waals surface area contributed by atoms with E-state index in [0.29, 0.717) is 0 Å². The standard InChI is InChI=1S/C14H30.C12H27O4P.K.H2O4S.H/c1-3-5-7-9-11-13-14-12-10-8-6-4-2;1-2-3-4-5-6-7-8-9-10-11-12-16-17(13,14)15;;1-5(2,3)4;/h3-14H2,1-2H3;2-12H2,1H3,(H2,13,14,15);;(H2,1,2,3,4);/q;;+1;;-1. The van der Waals surface area contributed by atoms with Crippen LogP contribution in [0.2, 0.25) is 0 Å². The molecule has 4 N–H and O–H groups in total. The van der Waals surface area contributed by atoms with Crippen LogP contribution in [0.4, 0.5) is 0 Å². The predicted molar refractivity (Wildman–Crippen MR) is 152 cm³/mol. The fraction of sp³-hybridized carbons (Fsp3) is 1.00. The molecule has 0 bridgehead atoms. The minimum atomic E-state index is -4.67. The normalized spacial score (nSPS) is 11.1. The SMILES string of the molecule is CCCCCCCCCCCCCC.CCCCCCCCCCCCOP(=O)(O)O.O=S(=O)(O)O.[H-].[K+]. The maximum Gasteiger partial charge on any atom is 1.00 e. The maximum absolute atomic E-state index is 10.4. The molecule has 0 aromatic carbocycles. The number of hydrogen-bond acceptors (Lipinski definition) is 4. The predicted octanol–water partition coefficient (Wildman–Crippen LogP) is 6.19. The minimum Gasteiger partial charge on any atom is -1.00 e. The maximum atomic E-state index is 10.4. The molecule has 0 aliphatic carbocycles. The second-order valence-corrected chi connectivity index (χ2v) is 11.6. The zero-order valence-corrected chi connectivity index (χ0v) is 29.4. The van der Waals surface area contributed by atoms with Crippen molar-refractivity contribution in [3.05, 3.63) is 0 Å². The zero-order valence-electron chi connectivity index (χ0n) is 25.5. The third-order valence-corrected chi connectivity index (χ3v) is 6.23. The van der Waals surface area contributed by atoms with E-state index in [1.807, 2.05) is 0 Å². The summed E-state index contributed by atoms with van der Waals surface area (Å²) in [7, 11) is -8.91. The smallest absolute Gasteiger partial charge is 1.00 e. The molecular formula is C26H60KO8PS. The first-order valence-electron chi connectivity index (χ1n) is 14.4. The van der Waals surface area contributed by atoms with Gasteiger partial charge in [-0.3, -0.25) is 13.6 Å². The Morgan fingerprint density at radius 1 is 0.541 bits per heavy atom. The summed E-state index contributed by atoms with van der Waals surface area (Å²) in [4.78, 5) is 16.9. The second kappa shape index (κ2) is 35.6. The van der Waals surface area contributed by atoms with E-state index >= 15 is 0 Å². The number of phosphoric acid groups is 1. The van der Waals surface area contributed by atoms with E-state index in [2.05, 4.69) is 25.3 Å². The van der Waals surface area contributed by atoms with Crippen molar-refractivity contribution in [2.45, 2.75) is 162 Å². The molecule has 8 nitrogen and oxygen atoms in total. The molecule has 0 spiro atoms. The van der Waals surface area contributed by atoms with E-state index in [9.17, 15) is 4.57 Å². The van der Waals surface area contributed by atoms with Crippen LogP contribution >= 0.6 is 7.82 Å². The van der Waals surface area contributed by atoms with Crippen molar-refractivity contribution in [2.24, 2.45) is 0 Å². The van der Waals surface area contributed by atoms with Crippen LogP contribution in [-0.2, 0) is 19.5 Å². The summed E-state index contributed by atoms with van der Waals surface area (Å²) >= 11 is 0. The van der Waals surface area contributed by atoms with Crippen LogP contribution in [0.3, 0.4) is 0 Å². The molecular weight excluding hydrogens is 542 g/mol. The molecule has 0 aliphatic heterocycles. The molecule has 11 heteroatoms. The number of rotatable bonds is 23. The molecule has 0 aromatic heterocycles. The van der Waals surface area contributed by atoms with Gasteiger partial charge in [-0.1, -0.05) is 156 Å². The van der Waals surface area contributed by atoms with Crippen molar-refractivity contribution in [2.75, 3.05) is 6.61 Å². The molecule has 0 amide bonds. The Morgan fingerprint density at radius 3 is 0.919 bits per heavy atom. The Morgan fingerprint density at radius 2 is 0.730 bits per heavy atom. The van der Waals surface area contributed by atoms with Gasteiger partial charge in [0.1, 0.15) is 0 Å². The molecule has 0 saturated heterocycles. The quantitative estimate of drug-likeness (QED) is 0.0470. The van der Waals surface area contributed by atoms with Crippen molar-refractivity contribution in [1.29, 1.82) is 0 Å². The molecule has 0 atom stereocenters. The summed E-state index contributed by atoms with van der Waals surface area (Å²) in [5.74, 6) is 0. The number of unbranched alkanes of at least 4 members (excludes halogenated alkanes) is 20. The topological polar surface area (TPSA) is 141 Å². The van der Waals surface area contributed by atoms with Gasteiger partial charge >= 0.3 is 69.6 Å². The average molecular weight is 603 g/mol. The molecule has 0 radical (unpaired) electrons. The fourth-order valence-corrected chi connectivity index (χ4v) is 4.05. The van der Waals surface area contributed by atoms with Crippen molar-refractivity contribution in [3.63, 3.8) is 0 Å². The summed E-state index contributed by atoms with van der Waals surface area (Å²) in [6.45, 7) is 6.96. The van der Waals surface area contributed by atoms with E-state index in [1.165, 1.54) is 122 Å². The first-order valence-corrected chi connectivity index (χ1v) is 17.3. The number of hydrogen-bond donors (Lipinski definition) is 4. The summed E-state index contributed by atoms with van der Waals surface area (Å²) in [6.07, 6.45) is 29.5. The summed E-state index contributed by atoms with van der Waals surface area (Å²) < 4.78 is 46.3. The Labute approximate surface area is 273 Å². The first kappa shape index (κ1) is 45.6. The van der Waals surface area contributed by atoms with Gasteiger partial charge in [-0.25, -0.2) is 4.57 Å². The molecule has 0 aliphatic rings. The van der Waals surface area contributed by atoms with Crippen molar-refractivity contribution < 1.29 is 89.2 Å². The second-order valence-electron chi connectivity index (χ2n) is 9.49. The first-order chi connectivity index (χ1) is 17.0. The van der Waals surface area contributed by atoms with Crippen molar-refractivity contribution in [3.8, 4) is 0 Å². The molecule has 0 fully saturated rings. The Hall–Kier alpha value is 1.62. The van der Waals surface area contributed by atoms with Gasteiger partial charge in [0.2, 0.25) is 0 Å². The van der Waals surface area contributed by atoms with Crippen LogP contribution in [0.15, 0.2) is 0 Å². The van der Waals surface area contributed by atoms with E-state index in [4.69, 9.17) is 27.3 Å². The molecule has 37 heavy (non-hydrogen) atoms. The van der Waals surface area contributed by atoms with Gasteiger partial charge in [-0.2, -0.15) is 8.42 Å². The molecule has 0 unspecified atom stereocenters. The van der Waals surface area contributed by atoms with Gasteiger partial charge in [-0.05, 0) is 6.42 Å². The van der Waals surface area contributed by atoms with Gasteiger partial charge in [-0.15, -0.1) is 0 Å². The van der Waals surface area contributed by atoms with Crippen LogP contribution in [0, 0.1) is 0 Å². The summed E-state index contributed by atoms with van der Waals surface area (Å²) in [5, 5.41) is 0. The molecule has 0 heterocycles. The van der Waals surface area contributed by atoms with Crippen molar-refractivity contribution >= 4 is 18.2 Å². The third kappa shape index (κ3) is 67.4. The van der Waals surface area contributed by atoms with Crippen LogP contribution in [-0.4, -0.2) is 33.9 Å². The third-order valence-electron chi connectivity index (χ3n) is 5.71. The monoisotopic (exact) mass is 602 g/mol. The molecule has 0 aromatic rings.